The molecule has 0 saturated carbocycles. The first-order valence-electron chi connectivity index (χ1n) is 6.43. The van der Waals surface area contributed by atoms with Gasteiger partial charge in [0, 0.05) is 11.6 Å². The maximum absolute atomic E-state index is 12.1. The molecule has 1 atom stereocenters. The quantitative estimate of drug-likeness (QED) is 0.868. The number of rotatable bonds is 4. The summed E-state index contributed by atoms with van der Waals surface area (Å²) in [5, 5.41) is 5.81. The van der Waals surface area contributed by atoms with Crippen molar-refractivity contribution in [3.8, 4) is 11.5 Å². The number of aliphatic imine (C=N–C) groups is 1. The lowest BCUT2D eigenvalue weighted by Crippen LogP contribution is -2.40. The summed E-state index contributed by atoms with van der Waals surface area (Å²) in [6.45, 7) is 3.96. The van der Waals surface area contributed by atoms with Crippen LogP contribution in [0.5, 0.6) is 11.5 Å². The monoisotopic (exact) mass is 277 g/mol. The fraction of sp³-hybridized carbons (Fsp3) is 0.429. The highest BCUT2D eigenvalue weighted by Crippen LogP contribution is 2.37. The van der Waals surface area contributed by atoms with Gasteiger partial charge in [0.05, 0.1) is 14.2 Å². The van der Waals surface area contributed by atoms with Crippen LogP contribution in [0.15, 0.2) is 23.2 Å². The molecule has 0 spiro atoms. The minimum Gasteiger partial charge on any atom is -0.493 e. The summed E-state index contributed by atoms with van der Waals surface area (Å²) in [6.07, 6.45) is 0. The van der Waals surface area contributed by atoms with Gasteiger partial charge in [-0.2, -0.15) is 0 Å². The number of carbonyl (C=O) groups excluding carboxylic acids is 1. The van der Waals surface area contributed by atoms with Crippen molar-refractivity contribution in [3.05, 3.63) is 23.8 Å². The standard InChI is InChI=1S/C14H19N3O3/c1-8(2)15-14-16-11(13(18)17-14)9-6-5-7-10(19-3)12(9)20-4/h5-8,11H,1-4H3,(H2,15,16,17,18). The van der Waals surface area contributed by atoms with E-state index in [2.05, 4.69) is 15.6 Å². The number of hydrogen-bond donors (Lipinski definition) is 2. The van der Waals surface area contributed by atoms with Gasteiger partial charge >= 0.3 is 0 Å². The van der Waals surface area contributed by atoms with Crippen molar-refractivity contribution in [2.24, 2.45) is 4.99 Å². The minimum atomic E-state index is -0.624. The number of amides is 1. The van der Waals surface area contributed by atoms with Crippen molar-refractivity contribution in [3.63, 3.8) is 0 Å². The van der Waals surface area contributed by atoms with Crippen LogP contribution in [0.25, 0.3) is 0 Å². The number of methoxy groups -OCH3 is 2. The highest BCUT2D eigenvalue weighted by Gasteiger charge is 2.31. The molecule has 1 amide bonds. The number of nitrogens with one attached hydrogen (secondary N) is 2. The molecular formula is C14H19N3O3. The van der Waals surface area contributed by atoms with E-state index in [9.17, 15) is 4.79 Å². The van der Waals surface area contributed by atoms with Crippen LogP contribution in [0.2, 0.25) is 0 Å². The summed E-state index contributed by atoms with van der Waals surface area (Å²) in [4.78, 5) is 16.4. The average molecular weight is 277 g/mol. The Bertz CT molecular complexity index is 540. The SMILES string of the molecule is COc1cccc(C2N=C(NC(C)C)NC2=O)c1OC. The highest BCUT2D eigenvalue weighted by atomic mass is 16.5. The van der Waals surface area contributed by atoms with Crippen molar-refractivity contribution in [2.75, 3.05) is 14.2 Å². The van der Waals surface area contributed by atoms with Gasteiger partial charge in [0.15, 0.2) is 23.5 Å². The molecule has 6 nitrogen and oxygen atoms in total. The fourth-order valence-electron chi connectivity index (χ4n) is 2.09. The second kappa shape index (κ2) is 5.81. The Morgan fingerprint density at radius 3 is 2.65 bits per heavy atom. The number of para-hydroxylation sites is 1. The van der Waals surface area contributed by atoms with E-state index in [4.69, 9.17) is 9.47 Å². The van der Waals surface area contributed by atoms with Gasteiger partial charge < -0.3 is 14.8 Å². The Labute approximate surface area is 118 Å². The van der Waals surface area contributed by atoms with Gasteiger partial charge in [-0.15, -0.1) is 0 Å². The van der Waals surface area contributed by atoms with Crippen molar-refractivity contribution >= 4 is 11.9 Å². The lowest BCUT2D eigenvalue weighted by molar-refractivity contribution is -0.120. The Hall–Kier alpha value is -2.24. The molecule has 1 aliphatic heterocycles. The van der Waals surface area contributed by atoms with Gasteiger partial charge in [0.1, 0.15) is 0 Å². The molecule has 2 rings (SSSR count). The maximum atomic E-state index is 12.1. The molecule has 20 heavy (non-hydrogen) atoms. The molecule has 0 radical (unpaired) electrons. The summed E-state index contributed by atoms with van der Waals surface area (Å²) >= 11 is 0. The lowest BCUT2D eigenvalue weighted by atomic mass is 10.1. The summed E-state index contributed by atoms with van der Waals surface area (Å²) < 4.78 is 10.6. The Kier molecular flexibility index (Phi) is 4.12. The first-order valence-corrected chi connectivity index (χ1v) is 6.43. The molecule has 0 aromatic heterocycles. The first kappa shape index (κ1) is 14.2. The van der Waals surface area contributed by atoms with Crippen LogP contribution >= 0.6 is 0 Å². The predicted molar refractivity (Wildman–Crippen MR) is 76.1 cm³/mol. The van der Waals surface area contributed by atoms with Crippen LogP contribution in [-0.4, -0.2) is 32.1 Å². The van der Waals surface area contributed by atoms with E-state index in [-0.39, 0.29) is 11.9 Å². The minimum absolute atomic E-state index is 0.181. The summed E-state index contributed by atoms with van der Waals surface area (Å²) in [5.41, 5.74) is 0.685. The largest absolute Gasteiger partial charge is 0.493 e. The lowest BCUT2D eigenvalue weighted by Gasteiger charge is -2.14. The Morgan fingerprint density at radius 2 is 2.05 bits per heavy atom. The molecule has 0 saturated heterocycles. The second-order valence-corrected chi connectivity index (χ2v) is 4.75. The fourth-order valence-corrected chi connectivity index (χ4v) is 2.09. The van der Waals surface area contributed by atoms with E-state index in [1.165, 1.54) is 0 Å². The van der Waals surface area contributed by atoms with Gasteiger partial charge in [0.25, 0.3) is 5.91 Å². The molecule has 0 bridgehead atoms. The zero-order valence-corrected chi connectivity index (χ0v) is 12.1. The molecule has 1 unspecified atom stereocenters. The number of carbonyl (C=O) groups is 1. The Balaban J connectivity index is 2.36. The summed E-state index contributed by atoms with van der Waals surface area (Å²) in [5.74, 6) is 1.42. The van der Waals surface area contributed by atoms with Gasteiger partial charge in [-0.1, -0.05) is 12.1 Å². The van der Waals surface area contributed by atoms with Crippen molar-refractivity contribution < 1.29 is 14.3 Å². The topological polar surface area (TPSA) is 72.0 Å². The molecular weight excluding hydrogens is 258 g/mol. The van der Waals surface area contributed by atoms with Crippen LogP contribution < -0.4 is 20.1 Å². The summed E-state index contributed by atoms with van der Waals surface area (Å²) in [6, 6.07) is 4.98. The molecule has 0 fully saturated rings. The van der Waals surface area contributed by atoms with Crippen molar-refractivity contribution in [1.82, 2.24) is 10.6 Å². The molecule has 108 valence electrons. The highest BCUT2D eigenvalue weighted by molar-refractivity contribution is 6.05. The van der Waals surface area contributed by atoms with Gasteiger partial charge in [-0.25, -0.2) is 4.99 Å². The second-order valence-electron chi connectivity index (χ2n) is 4.75. The van der Waals surface area contributed by atoms with Crippen molar-refractivity contribution in [2.45, 2.75) is 25.9 Å². The number of ether oxygens (including phenoxy) is 2. The smallest absolute Gasteiger partial charge is 0.256 e. The van der Waals surface area contributed by atoms with Crippen molar-refractivity contribution in [1.29, 1.82) is 0 Å². The van der Waals surface area contributed by atoms with Crippen LogP contribution in [0.4, 0.5) is 0 Å². The number of hydrogen-bond acceptors (Lipinski definition) is 5. The van der Waals surface area contributed by atoms with Crippen LogP contribution in [0, 0.1) is 0 Å². The van der Waals surface area contributed by atoms with E-state index in [0.717, 1.165) is 0 Å². The van der Waals surface area contributed by atoms with E-state index < -0.39 is 6.04 Å². The molecule has 1 heterocycles. The molecule has 2 N–H and O–H groups in total. The normalized spacial score (nSPS) is 17.8. The molecule has 6 heteroatoms. The van der Waals surface area contributed by atoms with E-state index in [0.29, 0.717) is 23.0 Å². The number of benzene rings is 1. The van der Waals surface area contributed by atoms with Gasteiger partial charge in [-0.3, -0.25) is 10.1 Å². The average Bonchev–Trinajstić information content (AvgIpc) is 2.77. The predicted octanol–water partition coefficient (Wildman–Crippen LogP) is 1.23. The zero-order chi connectivity index (χ0) is 14.7. The first-order chi connectivity index (χ1) is 9.56. The molecule has 1 aromatic rings. The number of nitrogens with zero attached hydrogens (tertiary/aromatic N) is 1. The van der Waals surface area contributed by atoms with Gasteiger partial charge in [0.2, 0.25) is 0 Å². The van der Waals surface area contributed by atoms with E-state index in [1.807, 2.05) is 26.0 Å². The van der Waals surface area contributed by atoms with E-state index in [1.54, 1.807) is 20.3 Å². The zero-order valence-electron chi connectivity index (χ0n) is 12.1. The van der Waals surface area contributed by atoms with Crippen LogP contribution in [0.3, 0.4) is 0 Å². The Morgan fingerprint density at radius 1 is 1.30 bits per heavy atom. The van der Waals surface area contributed by atoms with Crippen LogP contribution in [0.1, 0.15) is 25.5 Å². The third kappa shape index (κ3) is 2.68. The van der Waals surface area contributed by atoms with Gasteiger partial charge in [-0.05, 0) is 19.9 Å². The third-order valence-electron chi connectivity index (χ3n) is 2.90. The van der Waals surface area contributed by atoms with Crippen LogP contribution in [-0.2, 0) is 4.79 Å². The molecule has 0 aliphatic carbocycles. The molecule has 1 aliphatic rings. The third-order valence-corrected chi connectivity index (χ3v) is 2.90. The summed E-state index contributed by atoms with van der Waals surface area (Å²) in [7, 11) is 3.11. The number of guanidine groups is 1. The van der Waals surface area contributed by atoms with E-state index >= 15 is 0 Å². The maximum Gasteiger partial charge on any atom is 0.256 e. The molecule has 1 aromatic carbocycles.